The van der Waals surface area contributed by atoms with Crippen molar-refractivity contribution in [1.29, 1.82) is 0 Å². The van der Waals surface area contributed by atoms with Crippen LogP contribution < -0.4 is 0 Å². The van der Waals surface area contributed by atoms with Crippen LogP contribution in [0, 0.1) is 0 Å². The van der Waals surface area contributed by atoms with E-state index in [1.807, 2.05) is 35.1 Å². The predicted octanol–water partition coefficient (Wildman–Crippen LogP) is 3.47. The minimum atomic E-state index is -0.452. The Morgan fingerprint density at radius 3 is 2.57 bits per heavy atom. The molecule has 1 aliphatic rings. The van der Waals surface area contributed by atoms with E-state index in [2.05, 4.69) is 23.1 Å². The third-order valence-corrected chi connectivity index (χ3v) is 4.97. The van der Waals surface area contributed by atoms with Gasteiger partial charge in [-0.05, 0) is 62.0 Å². The smallest absolute Gasteiger partial charge is 0.0916 e. The molecular weight excluding hydrogens is 310 g/mol. The van der Waals surface area contributed by atoms with E-state index in [1.54, 1.807) is 0 Å². The first-order chi connectivity index (χ1) is 11.2. The lowest BCUT2D eigenvalue weighted by Crippen LogP contribution is -2.36. The lowest BCUT2D eigenvalue weighted by Gasteiger charge is -2.32. The van der Waals surface area contributed by atoms with Crippen LogP contribution in [-0.2, 0) is 6.54 Å². The topological polar surface area (TPSA) is 41.3 Å². The molecule has 1 fully saturated rings. The zero-order valence-corrected chi connectivity index (χ0v) is 14.3. The van der Waals surface area contributed by atoms with E-state index in [9.17, 15) is 5.11 Å². The summed E-state index contributed by atoms with van der Waals surface area (Å²) in [6.45, 7) is 5.76. The van der Waals surface area contributed by atoms with Gasteiger partial charge >= 0.3 is 0 Å². The van der Waals surface area contributed by atoms with Gasteiger partial charge in [0.15, 0.2) is 0 Å². The maximum Gasteiger partial charge on any atom is 0.0916 e. The highest BCUT2D eigenvalue weighted by Crippen LogP contribution is 2.28. The normalized spacial score (nSPS) is 18.2. The molecule has 3 rings (SSSR count). The number of aryl methyl sites for hydroxylation is 1. The molecule has 1 saturated heterocycles. The highest BCUT2D eigenvalue weighted by atomic mass is 35.5. The van der Waals surface area contributed by atoms with Crippen LogP contribution in [0.3, 0.4) is 0 Å². The second-order valence-corrected chi connectivity index (χ2v) is 6.71. The Morgan fingerprint density at radius 2 is 1.96 bits per heavy atom. The fourth-order valence-corrected chi connectivity index (χ4v) is 3.37. The largest absolute Gasteiger partial charge is 0.387 e. The summed E-state index contributed by atoms with van der Waals surface area (Å²) in [6, 6.07) is 7.47. The second kappa shape index (κ2) is 7.47. The highest BCUT2D eigenvalue weighted by Gasteiger charge is 2.23. The molecule has 1 aliphatic heterocycles. The van der Waals surface area contributed by atoms with Crippen molar-refractivity contribution >= 4 is 11.6 Å². The van der Waals surface area contributed by atoms with Crippen molar-refractivity contribution in [3.8, 4) is 0 Å². The van der Waals surface area contributed by atoms with Crippen molar-refractivity contribution in [2.24, 2.45) is 0 Å². The average molecular weight is 334 g/mol. The number of likely N-dealkylation sites (tertiary alicyclic amines) is 1. The van der Waals surface area contributed by atoms with Crippen molar-refractivity contribution in [3.63, 3.8) is 0 Å². The van der Waals surface area contributed by atoms with Gasteiger partial charge in [0, 0.05) is 24.3 Å². The molecule has 1 aromatic heterocycles. The Bertz CT molecular complexity index is 617. The number of aliphatic hydroxyl groups is 1. The molecule has 2 aromatic rings. The van der Waals surface area contributed by atoms with Gasteiger partial charge in [-0.2, -0.15) is 5.10 Å². The first-order valence-electron chi connectivity index (χ1n) is 8.34. The van der Waals surface area contributed by atoms with E-state index in [1.165, 1.54) is 5.56 Å². The van der Waals surface area contributed by atoms with Crippen LogP contribution >= 0.6 is 11.6 Å². The van der Waals surface area contributed by atoms with Gasteiger partial charge in [0.1, 0.15) is 0 Å². The summed E-state index contributed by atoms with van der Waals surface area (Å²) in [4.78, 5) is 2.35. The quantitative estimate of drug-likeness (QED) is 0.911. The Kier molecular flexibility index (Phi) is 5.36. The summed E-state index contributed by atoms with van der Waals surface area (Å²) in [5.74, 6) is 0.597. The molecule has 23 heavy (non-hydrogen) atoms. The van der Waals surface area contributed by atoms with Crippen LogP contribution in [0.15, 0.2) is 36.7 Å². The number of hydrogen-bond acceptors (Lipinski definition) is 3. The van der Waals surface area contributed by atoms with Gasteiger partial charge < -0.3 is 10.0 Å². The van der Waals surface area contributed by atoms with Gasteiger partial charge in [-0.15, -0.1) is 0 Å². The minimum Gasteiger partial charge on any atom is -0.387 e. The Hall–Kier alpha value is -1.36. The lowest BCUT2D eigenvalue weighted by molar-refractivity contribution is 0.0972. The maximum atomic E-state index is 10.4. The number of aromatic nitrogens is 2. The number of hydrogen-bond donors (Lipinski definition) is 1. The van der Waals surface area contributed by atoms with E-state index in [0.29, 0.717) is 17.5 Å². The molecule has 1 aromatic carbocycles. The van der Waals surface area contributed by atoms with Crippen LogP contribution in [0.1, 0.15) is 42.9 Å². The molecule has 0 saturated carbocycles. The van der Waals surface area contributed by atoms with E-state index in [-0.39, 0.29) is 0 Å². The van der Waals surface area contributed by atoms with Crippen LogP contribution in [0.5, 0.6) is 0 Å². The lowest BCUT2D eigenvalue weighted by atomic mass is 9.91. The Balaban J connectivity index is 1.51. The van der Waals surface area contributed by atoms with E-state index in [0.717, 1.165) is 38.0 Å². The summed E-state index contributed by atoms with van der Waals surface area (Å²) >= 11 is 5.90. The number of piperidine rings is 1. The molecule has 1 atom stereocenters. The zero-order chi connectivity index (χ0) is 16.2. The molecule has 5 heteroatoms. The monoisotopic (exact) mass is 333 g/mol. The molecular formula is C18H24ClN3O. The predicted molar refractivity (Wildman–Crippen MR) is 92.7 cm³/mol. The molecule has 124 valence electrons. The molecule has 0 unspecified atom stereocenters. The standard InChI is InChI=1S/C18H24ClN3O/c1-2-22-12-16(11-20-22)14-7-9-21(10-8-14)13-18(23)15-3-5-17(19)6-4-15/h3-6,11-12,14,18,23H,2,7-10,13H2,1H3/t18-/m0/s1. The number of nitrogens with zero attached hydrogens (tertiary/aromatic N) is 3. The fourth-order valence-electron chi connectivity index (χ4n) is 3.25. The molecule has 0 spiro atoms. The number of β-amino-alcohol motifs (C(OH)–C–C–N with tert-alkyl or cyclic N) is 1. The summed E-state index contributed by atoms with van der Waals surface area (Å²) in [6.07, 6.45) is 5.98. The fraction of sp³-hybridized carbons (Fsp3) is 0.500. The van der Waals surface area contributed by atoms with Crippen molar-refractivity contribution in [3.05, 3.63) is 52.8 Å². The number of benzene rings is 1. The molecule has 0 radical (unpaired) electrons. The van der Waals surface area contributed by atoms with E-state index >= 15 is 0 Å². The number of halogens is 1. The van der Waals surface area contributed by atoms with Crippen molar-refractivity contribution in [2.75, 3.05) is 19.6 Å². The van der Waals surface area contributed by atoms with Crippen LogP contribution in [0.25, 0.3) is 0 Å². The summed E-state index contributed by atoms with van der Waals surface area (Å²) < 4.78 is 1.99. The molecule has 4 nitrogen and oxygen atoms in total. The average Bonchev–Trinajstić information content (AvgIpc) is 3.05. The van der Waals surface area contributed by atoms with E-state index < -0.39 is 6.10 Å². The Labute approximate surface area is 142 Å². The van der Waals surface area contributed by atoms with Crippen LogP contribution in [0.2, 0.25) is 5.02 Å². The molecule has 0 bridgehead atoms. The second-order valence-electron chi connectivity index (χ2n) is 6.27. The summed E-state index contributed by atoms with van der Waals surface area (Å²) in [7, 11) is 0. The van der Waals surface area contributed by atoms with Crippen molar-refractivity contribution in [1.82, 2.24) is 14.7 Å². The van der Waals surface area contributed by atoms with Crippen molar-refractivity contribution in [2.45, 2.75) is 38.3 Å². The van der Waals surface area contributed by atoms with Gasteiger partial charge in [-0.1, -0.05) is 23.7 Å². The van der Waals surface area contributed by atoms with Crippen LogP contribution in [0.4, 0.5) is 0 Å². The van der Waals surface area contributed by atoms with Gasteiger partial charge in [-0.25, -0.2) is 0 Å². The van der Waals surface area contributed by atoms with E-state index in [4.69, 9.17) is 11.6 Å². The summed E-state index contributed by atoms with van der Waals surface area (Å²) in [5.41, 5.74) is 2.28. The first kappa shape index (κ1) is 16.5. The van der Waals surface area contributed by atoms with Gasteiger partial charge in [-0.3, -0.25) is 4.68 Å². The minimum absolute atomic E-state index is 0.452. The van der Waals surface area contributed by atoms with Crippen molar-refractivity contribution < 1.29 is 5.11 Å². The highest BCUT2D eigenvalue weighted by molar-refractivity contribution is 6.30. The molecule has 0 amide bonds. The first-order valence-corrected chi connectivity index (χ1v) is 8.71. The Morgan fingerprint density at radius 1 is 1.26 bits per heavy atom. The van der Waals surface area contributed by atoms with Gasteiger partial charge in [0.2, 0.25) is 0 Å². The van der Waals surface area contributed by atoms with Gasteiger partial charge in [0.25, 0.3) is 0 Å². The molecule has 0 aliphatic carbocycles. The number of aliphatic hydroxyl groups excluding tert-OH is 1. The van der Waals surface area contributed by atoms with Crippen LogP contribution in [-0.4, -0.2) is 39.4 Å². The third kappa shape index (κ3) is 4.14. The van der Waals surface area contributed by atoms with Gasteiger partial charge in [0.05, 0.1) is 12.3 Å². The molecule has 2 heterocycles. The summed E-state index contributed by atoms with van der Waals surface area (Å²) in [5, 5.41) is 15.5. The SMILES string of the molecule is CCn1cc(C2CCN(C[C@H](O)c3ccc(Cl)cc3)CC2)cn1. The number of rotatable bonds is 5. The molecule has 1 N–H and O–H groups in total. The third-order valence-electron chi connectivity index (χ3n) is 4.72. The maximum absolute atomic E-state index is 10.4. The zero-order valence-electron chi connectivity index (χ0n) is 13.5.